The highest BCUT2D eigenvalue weighted by atomic mass is 79.9. The number of thiophene rings is 1. The fraction of sp³-hybridized carbons (Fsp3) is 0.111. The molecule has 1 nitrogen and oxygen atoms in total. The molecule has 2 aromatic heterocycles. The lowest BCUT2D eigenvalue weighted by Gasteiger charge is -2.04. The second kappa shape index (κ2) is 4.92. The zero-order valence-electron chi connectivity index (χ0n) is 7.14. The average molecular weight is 435 g/mol. The Bertz CT molecular complexity index is 479. The van der Waals surface area contributed by atoms with Gasteiger partial charge in [0.2, 0.25) is 0 Å². The molecule has 2 rings (SSSR count). The third kappa shape index (κ3) is 2.69. The van der Waals surface area contributed by atoms with Crippen LogP contribution < -0.4 is 0 Å². The molecule has 0 saturated heterocycles. The predicted octanol–water partition coefficient (Wildman–Crippen LogP) is 6.00. The Hall–Kier alpha value is 0.710. The number of alkyl halides is 1. The molecule has 0 spiro atoms. The molecule has 0 N–H and O–H groups in total. The number of hydrogen-bond acceptors (Lipinski definition) is 2. The SMILES string of the molecule is Clc1ccc(C(Br)c2cc(Br)sc2Br)o1. The summed E-state index contributed by atoms with van der Waals surface area (Å²) in [7, 11) is 0. The summed E-state index contributed by atoms with van der Waals surface area (Å²) in [4.78, 5) is 0.0157. The van der Waals surface area contributed by atoms with E-state index in [-0.39, 0.29) is 4.83 Å². The van der Waals surface area contributed by atoms with Crippen molar-refractivity contribution in [2.45, 2.75) is 4.83 Å². The van der Waals surface area contributed by atoms with Crippen LogP contribution in [0.4, 0.5) is 0 Å². The Morgan fingerprint density at radius 3 is 2.53 bits per heavy atom. The van der Waals surface area contributed by atoms with Crippen LogP contribution in [-0.2, 0) is 0 Å². The Morgan fingerprint density at radius 1 is 1.33 bits per heavy atom. The maximum atomic E-state index is 5.73. The van der Waals surface area contributed by atoms with Gasteiger partial charge in [0.15, 0.2) is 5.22 Å². The Kier molecular flexibility index (Phi) is 3.99. The maximum absolute atomic E-state index is 5.73. The van der Waals surface area contributed by atoms with Crippen LogP contribution >= 0.6 is 70.7 Å². The number of furan rings is 1. The second-order valence-corrected chi connectivity index (χ2v) is 7.82. The molecule has 80 valence electrons. The van der Waals surface area contributed by atoms with Gasteiger partial charge in [0.25, 0.3) is 0 Å². The van der Waals surface area contributed by atoms with Crippen molar-refractivity contribution in [1.82, 2.24) is 0 Å². The highest BCUT2D eigenvalue weighted by molar-refractivity contribution is 9.12. The maximum Gasteiger partial charge on any atom is 0.193 e. The van der Waals surface area contributed by atoms with E-state index >= 15 is 0 Å². The molecule has 2 heterocycles. The largest absolute Gasteiger partial charge is 0.448 e. The lowest BCUT2D eigenvalue weighted by atomic mass is 10.2. The number of hydrogen-bond donors (Lipinski definition) is 0. The molecule has 6 heteroatoms. The smallest absolute Gasteiger partial charge is 0.193 e. The van der Waals surface area contributed by atoms with Crippen LogP contribution in [0.15, 0.2) is 30.2 Å². The Morgan fingerprint density at radius 2 is 2.07 bits per heavy atom. The molecule has 0 amide bonds. The van der Waals surface area contributed by atoms with Crippen molar-refractivity contribution in [1.29, 1.82) is 0 Å². The summed E-state index contributed by atoms with van der Waals surface area (Å²) in [5.74, 6) is 0.797. The van der Waals surface area contributed by atoms with E-state index in [1.54, 1.807) is 17.4 Å². The molecular formula is C9H4Br3ClOS. The molecule has 15 heavy (non-hydrogen) atoms. The Balaban J connectivity index is 2.35. The normalized spacial score (nSPS) is 13.1. The van der Waals surface area contributed by atoms with Crippen LogP contribution in [0.25, 0.3) is 0 Å². The first-order valence-corrected chi connectivity index (χ1v) is 7.61. The minimum absolute atomic E-state index is 0.0157. The van der Waals surface area contributed by atoms with E-state index in [1.807, 2.05) is 12.1 Å². The molecule has 1 unspecified atom stereocenters. The van der Waals surface area contributed by atoms with Crippen LogP contribution in [0, 0.1) is 0 Å². The molecular weight excluding hydrogens is 431 g/mol. The van der Waals surface area contributed by atoms with Crippen molar-refractivity contribution < 1.29 is 4.42 Å². The van der Waals surface area contributed by atoms with Gasteiger partial charge >= 0.3 is 0 Å². The third-order valence-corrected chi connectivity index (χ3v) is 5.33. The zero-order chi connectivity index (χ0) is 11.0. The highest BCUT2D eigenvalue weighted by Crippen LogP contribution is 2.42. The van der Waals surface area contributed by atoms with Gasteiger partial charge in [-0.25, -0.2) is 0 Å². The van der Waals surface area contributed by atoms with Gasteiger partial charge in [-0.05, 0) is 67.2 Å². The molecule has 0 saturated carbocycles. The van der Waals surface area contributed by atoms with Crippen molar-refractivity contribution in [3.05, 3.63) is 42.3 Å². The van der Waals surface area contributed by atoms with Gasteiger partial charge in [0, 0.05) is 0 Å². The van der Waals surface area contributed by atoms with Crippen molar-refractivity contribution in [3.8, 4) is 0 Å². The van der Waals surface area contributed by atoms with E-state index in [4.69, 9.17) is 16.0 Å². The molecule has 0 aliphatic rings. The van der Waals surface area contributed by atoms with E-state index in [1.165, 1.54) is 0 Å². The van der Waals surface area contributed by atoms with Gasteiger partial charge in [0.05, 0.1) is 12.4 Å². The fourth-order valence-corrected chi connectivity index (χ4v) is 5.26. The summed E-state index contributed by atoms with van der Waals surface area (Å²) in [6, 6.07) is 5.64. The van der Waals surface area contributed by atoms with Crippen molar-refractivity contribution in [2.24, 2.45) is 0 Å². The summed E-state index contributed by atoms with van der Waals surface area (Å²) in [6.45, 7) is 0. The molecule has 0 radical (unpaired) electrons. The third-order valence-electron chi connectivity index (χ3n) is 1.80. The second-order valence-electron chi connectivity index (χ2n) is 2.78. The summed E-state index contributed by atoms with van der Waals surface area (Å²) in [5.41, 5.74) is 1.12. The Labute approximate surface area is 121 Å². The summed E-state index contributed by atoms with van der Waals surface area (Å²) in [6.07, 6.45) is 0. The molecule has 1 atom stereocenters. The van der Waals surface area contributed by atoms with Gasteiger partial charge in [-0.2, -0.15) is 0 Å². The van der Waals surface area contributed by atoms with E-state index < -0.39 is 0 Å². The van der Waals surface area contributed by atoms with E-state index in [9.17, 15) is 0 Å². The lowest BCUT2D eigenvalue weighted by Crippen LogP contribution is -1.88. The monoisotopic (exact) mass is 432 g/mol. The fourth-order valence-electron chi connectivity index (χ4n) is 1.14. The van der Waals surface area contributed by atoms with Crippen molar-refractivity contribution in [3.63, 3.8) is 0 Å². The summed E-state index contributed by atoms with van der Waals surface area (Å²) in [5, 5.41) is 0.403. The first-order valence-electron chi connectivity index (χ1n) is 3.92. The zero-order valence-corrected chi connectivity index (χ0v) is 13.5. The van der Waals surface area contributed by atoms with Gasteiger partial charge in [0.1, 0.15) is 5.76 Å². The van der Waals surface area contributed by atoms with Gasteiger partial charge in [-0.3, -0.25) is 0 Å². The lowest BCUT2D eigenvalue weighted by molar-refractivity contribution is 0.521. The first-order chi connectivity index (χ1) is 7.08. The average Bonchev–Trinajstić information content (AvgIpc) is 2.71. The number of halogens is 4. The summed E-state index contributed by atoms with van der Waals surface area (Å²) < 4.78 is 7.50. The van der Waals surface area contributed by atoms with Crippen LogP contribution in [0.3, 0.4) is 0 Å². The van der Waals surface area contributed by atoms with E-state index in [0.717, 1.165) is 18.9 Å². The minimum Gasteiger partial charge on any atom is -0.448 e. The molecule has 2 aromatic rings. The molecule has 0 bridgehead atoms. The van der Waals surface area contributed by atoms with Crippen LogP contribution in [0.5, 0.6) is 0 Å². The molecule has 0 aliphatic heterocycles. The topological polar surface area (TPSA) is 13.1 Å². The first kappa shape index (κ1) is 12.2. The minimum atomic E-state index is 0.0157. The predicted molar refractivity (Wildman–Crippen MR) is 74.2 cm³/mol. The van der Waals surface area contributed by atoms with Gasteiger partial charge in [-0.15, -0.1) is 11.3 Å². The van der Waals surface area contributed by atoms with Crippen LogP contribution in [-0.4, -0.2) is 0 Å². The van der Waals surface area contributed by atoms with Gasteiger partial charge < -0.3 is 4.42 Å². The highest BCUT2D eigenvalue weighted by Gasteiger charge is 2.19. The van der Waals surface area contributed by atoms with Crippen LogP contribution in [0.2, 0.25) is 5.22 Å². The summed E-state index contributed by atoms with van der Waals surface area (Å²) >= 11 is 17.9. The molecule has 0 aromatic carbocycles. The van der Waals surface area contributed by atoms with E-state index in [0.29, 0.717) is 5.22 Å². The van der Waals surface area contributed by atoms with E-state index in [2.05, 4.69) is 47.8 Å². The number of rotatable bonds is 2. The quantitative estimate of drug-likeness (QED) is 0.527. The molecule has 0 aliphatic carbocycles. The molecule has 0 fully saturated rings. The van der Waals surface area contributed by atoms with Gasteiger partial charge in [-0.1, -0.05) is 15.9 Å². The van der Waals surface area contributed by atoms with Crippen molar-refractivity contribution >= 4 is 70.7 Å². The van der Waals surface area contributed by atoms with Crippen LogP contribution in [0.1, 0.15) is 16.2 Å². The van der Waals surface area contributed by atoms with Crippen molar-refractivity contribution in [2.75, 3.05) is 0 Å². The standard InChI is InChI=1S/C9H4Br3ClOS/c10-6-3-4(9(12)15-6)8(11)5-1-2-7(13)14-5/h1-3,8H.